The Labute approximate surface area is 150 Å². The number of alkyl carbamates (subject to hydrolysis) is 1. The Balaban J connectivity index is 2.53. The lowest BCUT2D eigenvalue weighted by Crippen LogP contribution is -2.32. The van der Waals surface area contributed by atoms with E-state index in [9.17, 15) is 9.59 Å². The van der Waals surface area contributed by atoms with Crippen LogP contribution >= 0.6 is 0 Å². The summed E-state index contributed by atoms with van der Waals surface area (Å²) < 4.78 is 10.2. The van der Waals surface area contributed by atoms with Gasteiger partial charge in [-0.1, -0.05) is 36.4 Å². The molecule has 1 amide bonds. The molecule has 1 rings (SSSR count). The zero-order valence-electron chi connectivity index (χ0n) is 15.6. The number of hydrogen-bond donors (Lipinski definition) is 1. The Morgan fingerprint density at radius 2 is 1.84 bits per heavy atom. The number of benzene rings is 1. The maximum absolute atomic E-state index is 11.8. The number of amides is 1. The van der Waals surface area contributed by atoms with E-state index >= 15 is 0 Å². The number of esters is 1. The van der Waals surface area contributed by atoms with E-state index < -0.39 is 11.7 Å². The van der Waals surface area contributed by atoms with Gasteiger partial charge in [-0.15, -0.1) is 0 Å². The summed E-state index contributed by atoms with van der Waals surface area (Å²) >= 11 is 0. The predicted molar refractivity (Wildman–Crippen MR) is 99.1 cm³/mol. The molecule has 0 spiro atoms. The van der Waals surface area contributed by atoms with E-state index in [4.69, 9.17) is 9.47 Å². The Bertz CT molecular complexity index is 573. The Kier molecular flexibility index (Phi) is 8.75. The van der Waals surface area contributed by atoms with Gasteiger partial charge in [-0.3, -0.25) is 4.79 Å². The maximum atomic E-state index is 11.8. The molecule has 0 aliphatic carbocycles. The first-order chi connectivity index (χ1) is 11.8. The minimum Gasteiger partial charge on any atom is -0.466 e. The molecule has 0 aliphatic heterocycles. The van der Waals surface area contributed by atoms with Gasteiger partial charge in [0.05, 0.1) is 13.0 Å². The van der Waals surface area contributed by atoms with Crippen molar-refractivity contribution in [1.29, 1.82) is 0 Å². The second-order valence-corrected chi connectivity index (χ2v) is 6.65. The molecule has 0 unspecified atom stereocenters. The molecule has 0 saturated carbocycles. The molecule has 1 N–H and O–H groups in total. The standard InChI is InChI=1S/C20H29NO4/c1-5-24-18(22)15-17(16-11-7-6-8-12-16)13-9-10-14-21-19(23)25-20(2,3)4/h6-8,11-13H,5,9-10,14-15H2,1-4H3,(H,21,23). The molecule has 0 atom stereocenters. The van der Waals surface area contributed by atoms with Gasteiger partial charge in [0.2, 0.25) is 0 Å². The van der Waals surface area contributed by atoms with Crippen molar-refractivity contribution < 1.29 is 19.1 Å². The van der Waals surface area contributed by atoms with E-state index in [-0.39, 0.29) is 12.4 Å². The summed E-state index contributed by atoms with van der Waals surface area (Å²) in [4.78, 5) is 23.4. The lowest BCUT2D eigenvalue weighted by molar-refractivity contribution is -0.141. The van der Waals surface area contributed by atoms with Gasteiger partial charge < -0.3 is 14.8 Å². The Hall–Kier alpha value is -2.30. The molecule has 5 nitrogen and oxygen atoms in total. The number of carbonyl (C=O) groups is 2. The summed E-state index contributed by atoms with van der Waals surface area (Å²) in [5.41, 5.74) is 1.45. The van der Waals surface area contributed by atoms with Crippen LogP contribution in [0.15, 0.2) is 36.4 Å². The topological polar surface area (TPSA) is 64.6 Å². The molecule has 1 aromatic rings. The predicted octanol–water partition coefficient (Wildman–Crippen LogP) is 4.33. The molecule has 0 heterocycles. The van der Waals surface area contributed by atoms with Crippen LogP contribution in [0.3, 0.4) is 0 Å². The quantitative estimate of drug-likeness (QED) is 0.561. The van der Waals surface area contributed by atoms with Crippen LogP contribution in [0.2, 0.25) is 0 Å². The normalized spacial score (nSPS) is 11.8. The first kappa shape index (κ1) is 20.7. The van der Waals surface area contributed by atoms with E-state index in [0.717, 1.165) is 24.0 Å². The molecule has 138 valence electrons. The average molecular weight is 347 g/mol. The van der Waals surface area contributed by atoms with E-state index in [1.54, 1.807) is 6.92 Å². The van der Waals surface area contributed by atoms with Crippen LogP contribution in [0.25, 0.3) is 5.57 Å². The van der Waals surface area contributed by atoms with E-state index in [1.165, 1.54) is 0 Å². The summed E-state index contributed by atoms with van der Waals surface area (Å²) in [6, 6.07) is 9.78. The molecule has 1 aromatic carbocycles. The monoisotopic (exact) mass is 347 g/mol. The van der Waals surface area contributed by atoms with Crippen molar-refractivity contribution in [2.24, 2.45) is 0 Å². The molecular formula is C20H29NO4. The SMILES string of the molecule is CCOC(=O)CC(=CCCCNC(=O)OC(C)(C)C)c1ccccc1. The first-order valence-corrected chi connectivity index (χ1v) is 8.68. The molecule has 0 aliphatic rings. The number of ether oxygens (including phenoxy) is 2. The lowest BCUT2D eigenvalue weighted by Gasteiger charge is -2.19. The summed E-state index contributed by atoms with van der Waals surface area (Å²) in [7, 11) is 0. The fourth-order valence-corrected chi connectivity index (χ4v) is 2.19. The van der Waals surface area contributed by atoms with Crippen molar-refractivity contribution in [2.45, 2.75) is 52.6 Å². The lowest BCUT2D eigenvalue weighted by atomic mass is 10.0. The number of carbonyl (C=O) groups excluding carboxylic acids is 2. The smallest absolute Gasteiger partial charge is 0.407 e. The van der Waals surface area contributed by atoms with Crippen molar-refractivity contribution in [1.82, 2.24) is 5.32 Å². The molecule has 0 radical (unpaired) electrons. The van der Waals surface area contributed by atoms with Gasteiger partial charge >= 0.3 is 12.1 Å². The van der Waals surface area contributed by atoms with E-state index in [2.05, 4.69) is 5.32 Å². The van der Waals surface area contributed by atoms with Crippen LogP contribution in [-0.4, -0.2) is 30.8 Å². The fraction of sp³-hybridized carbons (Fsp3) is 0.500. The minimum atomic E-state index is -0.496. The molecule has 25 heavy (non-hydrogen) atoms. The third-order valence-corrected chi connectivity index (χ3v) is 3.22. The molecular weight excluding hydrogens is 318 g/mol. The maximum Gasteiger partial charge on any atom is 0.407 e. The second-order valence-electron chi connectivity index (χ2n) is 6.65. The van der Waals surface area contributed by atoms with Gasteiger partial charge in [-0.05, 0) is 51.7 Å². The van der Waals surface area contributed by atoms with Crippen molar-refractivity contribution >= 4 is 17.6 Å². The van der Waals surface area contributed by atoms with Crippen molar-refractivity contribution in [3.63, 3.8) is 0 Å². The van der Waals surface area contributed by atoms with E-state index in [0.29, 0.717) is 13.2 Å². The van der Waals surface area contributed by atoms with Gasteiger partial charge in [0.25, 0.3) is 0 Å². The molecule has 5 heteroatoms. The zero-order chi connectivity index (χ0) is 18.7. The highest BCUT2D eigenvalue weighted by Crippen LogP contribution is 2.20. The number of hydrogen-bond acceptors (Lipinski definition) is 4. The highest BCUT2D eigenvalue weighted by atomic mass is 16.6. The fourth-order valence-electron chi connectivity index (χ4n) is 2.19. The summed E-state index contributed by atoms with van der Waals surface area (Å²) in [5.74, 6) is -0.232. The van der Waals surface area contributed by atoms with Crippen LogP contribution in [0.1, 0.15) is 52.5 Å². The van der Waals surface area contributed by atoms with Crippen LogP contribution in [0.4, 0.5) is 4.79 Å². The van der Waals surface area contributed by atoms with Crippen molar-refractivity contribution in [2.75, 3.05) is 13.2 Å². The Morgan fingerprint density at radius 1 is 1.16 bits per heavy atom. The van der Waals surface area contributed by atoms with Gasteiger partial charge in [0, 0.05) is 6.54 Å². The highest BCUT2D eigenvalue weighted by Gasteiger charge is 2.15. The number of allylic oxidation sites excluding steroid dienone is 1. The summed E-state index contributed by atoms with van der Waals surface area (Å²) in [5, 5.41) is 2.73. The highest BCUT2D eigenvalue weighted by molar-refractivity contribution is 5.85. The molecule has 0 bridgehead atoms. The first-order valence-electron chi connectivity index (χ1n) is 8.68. The van der Waals surface area contributed by atoms with Gasteiger partial charge in [0.1, 0.15) is 5.60 Å². The second kappa shape index (κ2) is 10.5. The molecule has 0 saturated heterocycles. The number of rotatable bonds is 8. The van der Waals surface area contributed by atoms with E-state index in [1.807, 2.05) is 57.2 Å². The summed E-state index contributed by atoms with van der Waals surface area (Å²) in [6.45, 7) is 8.18. The summed E-state index contributed by atoms with van der Waals surface area (Å²) in [6.07, 6.45) is 3.38. The van der Waals surface area contributed by atoms with Crippen LogP contribution in [0.5, 0.6) is 0 Å². The van der Waals surface area contributed by atoms with Crippen molar-refractivity contribution in [3.05, 3.63) is 42.0 Å². The van der Waals surface area contributed by atoms with Gasteiger partial charge in [0.15, 0.2) is 0 Å². The van der Waals surface area contributed by atoms with Crippen molar-refractivity contribution in [3.8, 4) is 0 Å². The van der Waals surface area contributed by atoms with Crippen LogP contribution in [-0.2, 0) is 14.3 Å². The third kappa shape index (κ3) is 9.55. The zero-order valence-corrected chi connectivity index (χ0v) is 15.6. The Morgan fingerprint density at radius 3 is 2.44 bits per heavy atom. The van der Waals surface area contributed by atoms with Gasteiger partial charge in [-0.25, -0.2) is 4.79 Å². The molecule has 0 fully saturated rings. The average Bonchev–Trinajstić information content (AvgIpc) is 2.53. The number of nitrogens with one attached hydrogen (secondary N) is 1. The van der Waals surface area contributed by atoms with Crippen LogP contribution < -0.4 is 5.32 Å². The van der Waals surface area contributed by atoms with Crippen LogP contribution in [0, 0.1) is 0 Å². The molecule has 0 aromatic heterocycles. The largest absolute Gasteiger partial charge is 0.466 e. The number of unbranched alkanes of at least 4 members (excludes halogenated alkanes) is 1. The minimum absolute atomic E-state index is 0.232. The van der Waals surface area contributed by atoms with Gasteiger partial charge in [-0.2, -0.15) is 0 Å². The third-order valence-electron chi connectivity index (χ3n) is 3.22.